The molecule has 8 nitrogen and oxygen atoms in total. The Morgan fingerprint density at radius 2 is 1.22 bits per heavy atom. The summed E-state index contributed by atoms with van der Waals surface area (Å²) in [5.74, 6) is 0. The zero-order chi connectivity index (χ0) is 16.7. The average Bonchev–Trinajstić information content (AvgIpc) is 3.07. The number of unbranched alkanes of at least 4 members (excludes halogenated alkanes) is 2. The molecule has 0 saturated carbocycles. The summed E-state index contributed by atoms with van der Waals surface area (Å²) in [6.45, 7) is 5.81. The second kappa shape index (κ2) is 8.50. The number of hydrogen-bond acceptors (Lipinski definition) is 4. The average molecular weight is 322 g/mol. The molecule has 0 bridgehead atoms. The molecule has 0 atom stereocenters. The van der Waals surface area contributed by atoms with E-state index in [1.165, 1.54) is 0 Å². The molecule has 0 spiro atoms. The molecule has 0 unspecified atom stereocenters. The maximum absolute atomic E-state index is 7.83. The summed E-state index contributed by atoms with van der Waals surface area (Å²) >= 11 is 0. The topological polar surface area (TPSA) is 110 Å². The van der Waals surface area contributed by atoms with Crippen molar-refractivity contribution in [3.8, 4) is 0 Å². The predicted octanol–water partition coefficient (Wildman–Crippen LogP) is 0.0964. The third-order valence-corrected chi connectivity index (χ3v) is 3.88. The Bertz CT molecular complexity index is 648. The molecule has 0 aliphatic heterocycles. The maximum atomic E-state index is 7.83. The van der Waals surface area contributed by atoms with Crippen LogP contribution in [-0.4, -0.2) is 0 Å². The third kappa shape index (κ3) is 4.43. The van der Waals surface area contributed by atoms with Crippen molar-refractivity contribution < 1.29 is 18.4 Å². The van der Waals surface area contributed by atoms with E-state index in [-0.39, 0.29) is 11.1 Å². The first kappa shape index (κ1) is 17.2. The SMILES string of the molecule is CCCC[n+]1[n-]oc(=N)c1CCCc1c(=N)o[n-][n+]1CCCC. The van der Waals surface area contributed by atoms with Gasteiger partial charge in [-0.3, -0.25) is 21.4 Å². The van der Waals surface area contributed by atoms with Crippen LogP contribution in [0.4, 0.5) is 0 Å². The van der Waals surface area contributed by atoms with Crippen LogP contribution in [0.3, 0.4) is 0 Å². The molecule has 0 amide bonds. The van der Waals surface area contributed by atoms with Crippen molar-refractivity contribution in [2.45, 2.75) is 71.9 Å². The standard InChI is InChI=1S/C15H26N6O2/c1-3-5-10-20-12(14(16)22-18-20)8-7-9-13-15(17)23-19-21(13)11-6-4-2/h16-17H,3-11H2,1-2H3. The normalized spacial score (nSPS) is 11.2. The summed E-state index contributed by atoms with van der Waals surface area (Å²) in [6.07, 6.45) is 6.39. The molecule has 0 aliphatic rings. The fraction of sp³-hybridized carbons (Fsp3) is 0.733. The highest BCUT2D eigenvalue weighted by Gasteiger charge is 2.15. The number of nitrogens with zero attached hydrogens (tertiary/aromatic N) is 4. The van der Waals surface area contributed by atoms with E-state index >= 15 is 0 Å². The zero-order valence-electron chi connectivity index (χ0n) is 14.0. The molecular weight excluding hydrogens is 296 g/mol. The van der Waals surface area contributed by atoms with Crippen LogP contribution in [0.1, 0.15) is 57.3 Å². The summed E-state index contributed by atoms with van der Waals surface area (Å²) in [5, 5.41) is 23.5. The van der Waals surface area contributed by atoms with Crippen molar-refractivity contribution in [3.05, 3.63) is 22.5 Å². The highest BCUT2D eigenvalue weighted by atomic mass is 16.5. The van der Waals surface area contributed by atoms with E-state index in [1.807, 2.05) is 0 Å². The lowest BCUT2D eigenvalue weighted by Gasteiger charge is -2.02. The molecule has 2 aromatic rings. The first-order chi connectivity index (χ1) is 11.2. The van der Waals surface area contributed by atoms with Crippen molar-refractivity contribution in [1.82, 2.24) is 10.5 Å². The van der Waals surface area contributed by atoms with Crippen LogP contribution < -0.4 is 31.0 Å². The van der Waals surface area contributed by atoms with Crippen LogP contribution in [-0.2, 0) is 25.9 Å². The van der Waals surface area contributed by atoms with E-state index in [0.29, 0.717) is 12.8 Å². The highest BCUT2D eigenvalue weighted by molar-refractivity contribution is 4.85. The first-order valence-corrected chi connectivity index (χ1v) is 8.37. The molecular formula is C15H26N6O2. The molecule has 2 aromatic heterocycles. The summed E-state index contributed by atoms with van der Waals surface area (Å²) < 4.78 is 13.5. The minimum Gasteiger partial charge on any atom is -0.487 e. The first-order valence-electron chi connectivity index (χ1n) is 8.37. The second-order valence-electron chi connectivity index (χ2n) is 5.70. The number of aromatic nitrogens is 4. The van der Waals surface area contributed by atoms with Gasteiger partial charge >= 0.3 is 0 Å². The Morgan fingerprint density at radius 1 is 0.783 bits per heavy atom. The molecule has 2 rings (SSSR count). The van der Waals surface area contributed by atoms with Gasteiger partial charge in [0, 0.05) is 25.7 Å². The molecule has 0 saturated heterocycles. The Hall–Kier alpha value is -2.12. The van der Waals surface area contributed by atoms with Crippen molar-refractivity contribution in [2.75, 3.05) is 0 Å². The number of rotatable bonds is 10. The van der Waals surface area contributed by atoms with Crippen LogP contribution in [0.2, 0.25) is 0 Å². The van der Waals surface area contributed by atoms with Crippen LogP contribution in [0, 0.1) is 10.8 Å². The smallest absolute Gasteiger partial charge is 0.268 e. The lowest BCUT2D eigenvalue weighted by atomic mass is 10.1. The van der Waals surface area contributed by atoms with Gasteiger partial charge in [0.05, 0.1) is 0 Å². The molecule has 23 heavy (non-hydrogen) atoms. The van der Waals surface area contributed by atoms with E-state index in [9.17, 15) is 0 Å². The Kier molecular flexibility index (Phi) is 6.37. The van der Waals surface area contributed by atoms with E-state index in [2.05, 4.69) is 24.4 Å². The molecule has 0 radical (unpaired) electrons. The predicted molar refractivity (Wildman–Crippen MR) is 78.0 cm³/mol. The second-order valence-corrected chi connectivity index (χ2v) is 5.70. The summed E-state index contributed by atoms with van der Waals surface area (Å²) in [6, 6.07) is 0. The zero-order valence-corrected chi connectivity index (χ0v) is 14.0. The molecule has 2 heterocycles. The van der Waals surface area contributed by atoms with Gasteiger partial charge in [-0.2, -0.15) is 0 Å². The fourth-order valence-electron chi connectivity index (χ4n) is 2.49. The quantitative estimate of drug-likeness (QED) is 0.604. The van der Waals surface area contributed by atoms with Gasteiger partial charge in [0.25, 0.3) is 11.1 Å². The molecule has 128 valence electrons. The van der Waals surface area contributed by atoms with E-state index in [1.54, 1.807) is 9.36 Å². The van der Waals surface area contributed by atoms with Crippen molar-refractivity contribution >= 4 is 0 Å². The maximum Gasteiger partial charge on any atom is 0.268 e. The molecule has 2 N–H and O–H groups in total. The third-order valence-electron chi connectivity index (χ3n) is 3.88. The van der Waals surface area contributed by atoms with Gasteiger partial charge in [-0.05, 0) is 6.42 Å². The van der Waals surface area contributed by atoms with Gasteiger partial charge in [-0.25, -0.2) is 9.36 Å². The van der Waals surface area contributed by atoms with E-state index < -0.39 is 0 Å². The number of hydrogen-bond donors (Lipinski definition) is 2. The number of nitrogens with one attached hydrogen (secondary N) is 2. The van der Waals surface area contributed by atoms with Crippen molar-refractivity contribution in [2.24, 2.45) is 0 Å². The van der Waals surface area contributed by atoms with Crippen LogP contribution in [0.15, 0.2) is 9.05 Å². The van der Waals surface area contributed by atoms with Crippen LogP contribution in [0.25, 0.3) is 0 Å². The van der Waals surface area contributed by atoms with Gasteiger partial charge in [0.15, 0.2) is 0 Å². The molecule has 0 fully saturated rings. The Balaban J connectivity index is 1.98. The lowest BCUT2D eigenvalue weighted by Crippen LogP contribution is -2.44. The monoisotopic (exact) mass is 322 g/mol. The minimum absolute atomic E-state index is 0.136. The molecule has 8 heteroatoms. The van der Waals surface area contributed by atoms with E-state index in [0.717, 1.165) is 56.6 Å². The van der Waals surface area contributed by atoms with Gasteiger partial charge in [0.1, 0.15) is 13.1 Å². The largest absolute Gasteiger partial charge is 0.487 e. The van der Waals surface area contributed by atoms with Crippen LogP contribution >= 0.6 is 0 Å². The minimum atomic E-state index is 0.136. The van der Waals surface area contributed by atoms with Crippen molar-refractivity contribution in [1.29, 1.82) is 10.8 Å². The molecule has 0 aliphatic carbocycles. The van der Waals surface area contributed by atoms with E-state index in [4.69, 9.17) is 19.9 Å². The lowest BCUT2D eigenvalue weighted by molar-refractivity contribution is -0.774. The fourth-order valence-corrected chi connectivity index (χ4v) is 2.49. The summed E-state index contributed by atoms with van der Waals surface area (Å²) in [7, 11) is 0. The van der Waals surface area contributed by atoms with Gasteiger partial charge in [-0.1, -0.05) is 26.7 Å². The Labute approximate surface area is 135 Å². The van der Waals surface area contributed by atoms with Crippen LogP contribution in [0.5, 0.6) is 0 Å². The summed E-state index contributed by atoms with van der Waals surface area (Å²) in [5.41, 5.74) is 1.91. The molecule has 0 aromatic carbocycles. The number of aryl methyl sites for hydroxylation is 2. The highest BCUT2D eigenvalue weighted by Crippen LogP contribution is 1.98. The van der Waals surface area contributed by atoms with Crippen molar-refractivity contribution in [3.63, 3.8) is 0 Å². The Morgan fingerprint density at radius 3 is 1.61 bits per heavy atom. The van der Waals surface area contributed by atoms with Gasteiger partial charge < -0.3 is 9.05 Å². The van der Waals surface area contributed by atoms with Gasteiger partial charge in [-0.15, -0.1) is 0 Å². The summed E-state index contributed by atoms with van der Waals surface area (Å²) in [4.78, 5) is 0. The van der Waals surface area contributed by atoms with Gasteiger partial charge in [0.2, 0.25) is 11.4 Å².